The molecule has 1 aromatic rings. The molecular formula is C16H25ClN2O3. The summed E-state index contributed by atoms with van der Waals surface area (Å²) in [5, 5.41) is 3.16. The molecule has 6 heteroatoms. The van der Waals surface area contributed by atoms with Crippen molar-refractivity contribution in [3.05, 3.63) is 24.3 Å². The first kappa shape index (κ1) is 18.6. The van der Waals surface area contributed by atoms with Crippen LogP contribution in [0.2, 0.25) is 0 Å². The van der Waals surface area contributed by atoms with Gasteiger partial charge >= 0.3 is 0 Å². The van der Waals surface area contributed by atoms with Gasteiger partial charge in [-0.15, -0.1) is 12.4 Å². The molecule has 1 aliphatic rings. The van der Waals surface area contributed by atoms with E-state index in [1.807, 2.05) is 43.1 Å². The third-order valence-corrected chi connectivity index (χ3v) is 3.63. The van der Waals surface area contributed by atoms with Crippen LogP contribution >= 0.6 is 12.4 Å². The van der Waals surface area contributed by atoms with Crippen LogP contribution in [0.4, 0.5) is 0 Å². The Morgan fingerprint density at radius 1 is 1.32 bits per heavy atom. The standard InChI is InChI=1S/C16H24N2O3.ClH/c1-3-20-14-6-4-5-7-15(14)21-12-16(19)18-9-8-13(11-18)10-17-2;/h4-7,13,17H,3,8-12H2,1-2H3;1H. The third kappa shape index (κ3) is 5.07. The second-order valence-electron chi connectivity index (χ2n) is 5.22. The minimum atomic E-state index is 0. The van der Waals surface area contributed by atoms with Crippen LogP contribution in [-0.4, -0.2) is 50.7 Å². The summed E-state index contributed by atoms with van der Waals surface area (Å²) < 4.78 is 11.1. The Bertz CT molecular complexity index is 470. The van der Waals surface area contributed by atoms with Crippen molar-refractivity contribution in [3.63, 3.8) is 0 Å². The van der Waals surface area contributed by atoms with Crippen molar-refractivity contribution in [1.29, 1.82) is 0 Å². The second-order valence-corrected chi connectivity index (χ2v) is 5.22. The minimum Gasteiger partial charge on any atom is -0.490 e. The summed E-state index contributed by atoms with van der Waals surface area (Å²) in [5.74, 6) is 1.90. The van der Waals surface area contributed by atoms with Crippen LogP contribution in [0.15, 0.2) is 24.3 Å². The van der Waals surface area contributed by atoms with Gasteiger partial charge in [-0.05, 0) is 45.0 Å². The van der Waals surface area contributed by atoms with Crippen molar-refractivity contribution in [3.8, 4) is 11.5 Å². The Morgan fingerprint density at radius 3 is 2.64 bits per heavy atom. The average Bonchev–Trinajstić information content (AvgIpc) is 2.95. The summed E-state index contributed by atoms with van der Waals surface area (Å²) in [4.78, 5) is 14.1. The number of ether oxygens (including phenoxy) is 2. The fraction of sp³-hybridized carbons (Fsp3) is 0.562. The summed E-state index contributed by atoms with van der Waals surface area (Å²) in [6.45, 7) is 5.16. The van der Waals surface area contributed by atoms with Crippen LogP contribution < -0.4 is 14.8 Å². The fourth-order valence-corrected chi connectivity index (χ4v) is 2.59. The number of carbonyl (C=O) groups excluding carboxylic acids is 1. The molecule has 124 valence electrons. The predicted molar refractivity (Wildman–Crippen MR) is 89.0 cm³/mol. The van der Waals surface area contributed by atoms with E-state index in [-0.39, 0.29) is 24.9 Å². The molecule has 0 saturated carbocycles. The largest absolute Gasteiger partial charge is 0.490 e. The SMILES string of the molecule is CCOc1ccccc1OCC(=O)N1CCC(CNC)C1.Cl. The van der Waals surface area contributed by atoms with Crippen molar-refractivity contribution < 1.29 is 14.3 Å². The van der Waals surface area contributed by atoms with Gasteiger partial charge in [0.25, 0.3) is 5.91 Å². The number of hydrogen-bond acceptors (Lipinski definition) is 4. The molecule has 1 unspecified atom stereocenters. The first-order chi connectivity index (χ1) is 10.2. The molecule has 22 heavy (non-hydrogen) atoms. The van der Waals surface area contributed by atoms with E-state index in [1.54, 1.807) is 0 Å². The van der Waals surface area contributed by atoms with Gasteiger partial charge in [0, 0.05) is 13.1 Å². The highest BCUT2D eigenvalue weighted by molar-refractivity contribution is 5.85. The van der Waals surface area contributed by atoms with Crippen LogP contribution in [0.25, 0.3) is 0 Å². The van der Waals surface area contributed by atoms with Gasteiger partial charge in [-0.3, -0.25) is 4.79 Å². The highest BCUT2D eigenvalue weighted by Crippen LogP contribution is 2.26. The highest BCUT2D eigenvalue weighted by atomic mass is 35.5. The maximum atomic E-state index is 12.2. The molecule has 5 nitrogen and oxygen atoms in total. The maximum Gasteiger partial charge on any atom is 0.260 e. The molecule has 1 aromatic carbocycles. The van der Waals surface area contributed by atoms with Crippen molar-refractivity contribution in [2.45, 2.75) is 13.3 Å². The quantitative estimate of drug-likeness (QED) is 0.831. The number of nitrogens with zero attached hydrogens (tertiary/aromatic N) is 1. The van der Waals surface area contributed by atoms with Gasteiger partial charge in [0.1, 0.15) is 0 Å². The molecule has 1 heterocycles. The number of amides is 1. The summed E-state index contributed by atoms with van der Waals surface area (Å²) in [6.07, 6.45) is 1.06. The van der Waals surface area contributed by atoms with Gasteiger partial charge in [0.05, 0.1) is 6.61 Å². The van der Waals surface area contributed by atoms with Crippen molar-refractivity contribution in [2.24, 2.45) is 5.92 Å². The lowest BCUT2D eigenvalue weighted by molar-refractivity contribution is -0.132. The number of nitrogens with one attached hydrogen (secondary N) is 1. The Balaban J connectivity index is 0.00000242. The van der Waals surface area contributed by atoms with Gasteiger partial charge in [0.15, 0.2) is 18.1 Å². The van der Waals surface area contributed by atoms with Gasteiger partial charge in [-0.2, -0.15) is 0 Å². The molecule has 2 rings (SSSR count). The number of carbonyl (C=O) groups is 1. The van der Waals surface area contributed by atoms with E-state index in [4.69, 9.17) is 9.47 Å². The molecule has 0 bridgehead atoms. The number of likely N-dealkylation sites (tertiary alicyclic amines) is 1. The summed E-state index contributed by atoms with van der Waals surface area (Å²) in [5.41, 5.74) is 0. The number of hydrogen-bond donors (Lipinski definition) is 1. The van der Waals surface area contributed by atoms with Gasteiger partial charge in [-0.1, -0.05) is 12.1 Å². The predicted octanol–water partition coefficient (Wildman–Crippen LogP) is 1.95. The van der Waals surface area contributed by atoms with E-state index >= 15 is 0 Å². The van der Waals surface area contributed by atoms with Gasteiger partial charge in [0.2, 0.25) is 0 Å². The number of para-hydroxylation sites is 2. The second kappa shape index (κ2) is 9.54. The van der Waals surface area contributed by atoms with Crippen LogP contribution in [0.5, 0.6) is 11.5 Å². The molecule has 0 aromatic heterocycles. The summed E-state index contributed by atoms with van der Waals surface area (Å²) >= 11 is 0. The Morgan fingerprint density at radius 2 is 2.00 bits per heavy atom. The number of benzene rings is 1. The van der Waals surface area contributed by atoms with E-state index in [0.29, 0.717) is 24.0 Å². The lowest BCUT2D eigenvalue weighted by atomic mass is 10.1. The normalized spacial score (nSPS) is 17.0. The Kier molecular flexibility index (Phi) is 8.06. The minimum absolute atomic E-state index is 0. The molecule has 1 aliphatic heterocycles. The molecule has 1 amide bonds. The average molecular weight is 329 g/mol. The first-order valence-corrected chi connectivity index (χ1v) is 7.51. The molecule has 1 atom stereocenters. The Labute approximate surface area is 138 Å². The lowest BCUT2D eigenvalue weighted by Crippen LogP contribution is -2.34. The van der Waals surface area contributed by atoms with Crippen molar-refractivity contribution in [1.82, 2.24) is 10.2 Å². The number of rotatable bonds is 7. The van der Waals surface area contributed by atoms with Gasteiger partial charge < -0.3 is 19.7 Å². The van der Waals surface area contributed by atoms with Crippen LogP contribution in [0.1, 0.15) is 13.3 Å². The molecule has 0 spiro atoms. The zero-order chi connectivity index (χ0) is 15.1. The molecule has 1 saturated heterocycles. The molecule has 0 aliphatic carbocycles. The fourth-order valence-electron chi connectivity index (χ4n) is 2.59. The molecular weight excluding hydrogens is 304 g/mol. The third-order valence-electron chi connectivity index (χ3n) is 3.63. The van der Waals surface area contributed by atoms with Gasteiger partial charge in [-0.25, -0.2) is 0 Å². The zero-order valence-corrected chi connectivity index (χ0v) is 14.0. The Hall–Kier alpha value is -1.46. The van der Waals surface area contributed by atoms with Crippen LogP contribution in [0, 0.1) is 5.92 Å². The topological polar surface area (TPSA) is 50.8 Å². The van der Waals surface area contributed by atoms with Crippen molar-refractivity contribution in [2.75, 3.05) is 39.9 Å². The van der Waals surface area contributed by atoms with E-state index in [1.165, 1.54) is 0 Å². The first-order valence-electron chi connectivity index (χ1n) is 7.51. The lowest BCUT2D eigenvalue weighted by Gasteiger charge is -2.17. The van der Waals surface area contributed by atoms with E-state index < -0.39 is 0 Å². The van der Waals surface area contributed by atoms with Crippen LogP contribution in [0.3, 0.4) is 0 Å². The number of halogens is 1. The van der Waals surface area contributed by atoms with E-state index in [2.05, 4.69) is 5.32 Å². The van der Waals surface area contributed by atoms with Crippen LogP contribution in [-0.2, 0) is 4.79 Å². The van der Waals surface area contributed by atoms with E-state index in [9.17, 15) is 4.79 Å². The maximum absolute atomic E-state index is 12.2. The monoisotopic (exact) mass is 328 g/mol. The zero-order valence-electron chi connectivity index (χ0n) is 13.2. The summed E-state index contributed by atoms with van der Waals surface area (Å²) in [7, 11) is 1.94. The summed E-state index contributed by atoms with van der Waals surface area (Å²) in [6, 6.07) is 7.44. The highest BCUT2D eigenvalue weighted by Gasteiger charge is 2.25. The molecule has 0 radical (unpaired) electrons. The smallest absolute Gasteiger partial charge is 0.260 e. The molecule has 1 fully saturated rings. The van der Waals surface area contributed by atoms with E-state index in [0.717, 1.165) is 26.1 Å². The van der Waals surface area contributed by atoms with Crippen molar-refractivity contribution >= 4 is 18.3 Å². The molecule has 1 N–H and O–H groups in total.